The highest BCUT2D eigenvalue weighted by Crippen LogP contribution is 2.26. The number of anilines is 1. The number of H-pyrrole nitrogens is 1. The predicted octanol–water partition coefficient (Wildman–Crippen LogP) is 3.27. The molecule has 0 aliphatic carbocycles. The molecule has 13 heteroatoms. The number of para-hydroxylation sites is 1. The van der Waals surface area contributed by atoms with Crippen molar-refractivity contribution in [2.75, 3.05) is 71.3 Å². The van der Waals surface area contributed by atoms with Crippen molar-refractivity contribution < 1.29 is 23.5 Å². The number of piperazine rings is 1. The average Bonchev–Trinajstić information content (AvgIpc) is 3.40. The molecule has 7 rings (SSSR count). The molecular weight excluding hydrogens is 626 g/mol. The smallest absolute Gasteiger partial charge is 0.417 e. The molecule has 4 aliphatic rings. The summed E-state index contributed by atoms with van der Waals surface area (Å²) < 4.78 is 11.4. The van der Waals surface area contributed by atoms with Gasteiger partial charge in [0.25, 0.3) is 5.91 Å². The number of likely N-dealkylation sites (tertiary alicyclic amines) is 2. The van der Waals surface area contributed by atoms with Crippen molar-refractivity contribution in [1.29, 1.82) is 0 Å². The first kappa shape index (κ1) is 33.2. The monoisotopic (exact) mass is 673 g/mol. The Bertz CT molecular complexity index is 1730. The quantitative estimate of drug-likeness (QED) is 0.408. The number of hydrogen-bond donors (Lipinski definition) is 2. The first-order chi connectivity index (χ1) is 23.7. The third-order valence-electron chi connectivity index (χ3n) is 10.9. The van der Waals surface area contributed by atoms with Crippen LogP contribution < -0.4 is 11.1 Å². The lowest BCUT2D eigenvalue weighted by Crippen LogP contribution is -2.56. The van der Waals surface area contributed by atoms with Gasteiger partial charge in [-0.25, -0.2) is 14.4 Å². The number of aromatic amines is 1. The molecule has 4 aliphatic heterocycles. The van der Waals surface area contributed by atoms with E-state index in [1.54, 1.807) is 11.0 Å². The summed E-state index contributed by atoms with van der Waals surface area (Å²) in [7, 11) is 2.16. The highest BCUT2D eigenvalue weighted by Gasteiger charge is 2.36. The van der Waals surface area contributed by atoms with Gasteiger partial charge in [0, 0.05) is 70.0 Å². The van der Waals surface area contributed by atoms with Gasteiger partial charge in [-0.1, -0.05) is 24.3 Å². The summed E-state index contributed by atoms with van der Waals surface area (Å²) >= 11 is 0. The maximum Gasteiger partial charge on any atom is 0.417 e. The predicted molar refractivity (Wildman–Crippen MR) is 185 cm³/mol. The van der Waals surface area contributed by atoms with Gasteiger partial charge in [0.05, 0.1) is 5.52 Å². The summed E-state index contributed by atoms with van der Waals surface area (Å²) in [4.78, 5) is 65.7. The van der Waals surface area contributed by atoms with E-state index in [2.05, 4.69) is 27.1 Å². The number of aryl methyl sites for hydroxylation is 1. The molecule has 49 heavy (non-hydrogen) atoms. The van der Waals surface area contributed by atoms with Gasteiger partial charge in [0.2, 0.25) is 0 Å². The summed E-state index contributed by atoms with van der Waals surface area (Å²) in [6.07, 6.45) is 2.89. The number of oxazole rings is 1. The minimum absolute atomic E-state index is 0.00218. The van der Waals surface area contributed by atoms with E-state index in [-0.39, 0.29) is 24.4 Å². The maximum absolute atomic E-state index is 14.1. The van der Waals surface area contributed by atoms with Gasteiger partial charge in [0.15, 0.2) is 11.7 Å². The van der Waals surface area contributed by atoms with Crippen LogP contribution in [-0.4, -0.2) is 132 Å². The third-order valence-corrected chi connectivity index (χ3v) is 10.9. The zero-order chi connectivity index (χ0) is 34.1. The first-order valence-electron chi connectivity index (χ1n) is 17.7. The van der Waals surface area contributed by atoms with Crippen molar-refractivity contribution in [1.82, 2.24) is 29.5 Å². The van der Waals surface area contributed by atoms with E-state index >= 15 is 0 Å². The fourth-order valence-electron chi connectivity index (χ4n) is 7.97. The Morgan fingerprint density at radius 3 is 2.37 bits per heavy atom. The number of carbonyl (C=O) groups excluding carboxylic acids is 3. The third kappa shape index (κ3) is 7.32. The Labute approximate surface area is 286 Å². The van der Waals surface area contributed by atoms with Crippen LogP contribution in [0.1, 0.15) is 42.4 Å². The molecule has 5 heterocycles. The van der Waals surface area contributed by atoms with Crippen LogP contribution in [0.3, 0.4) is 0 Å². The molecule has 3 saturated heterocycles. The van der Waals surface area contributed by atoms with Crippen molar-refractivity contribution in [3.05, 3.63) is 63.6 Å². The normalized spacial score (nSPS) is 20.9. The van der Waals surface area contributed by atoms with Gasteiger partial charge < -0.3 is 34.1 Å². The van der Waals surface area contributed by atoms with Crippen LogP contribution in [0.15, 0.2) is 45.6 Å². The van der Waals surface area contributed by atoms with E-state index in [1.165, 1.54) is 0 Å². The molecule has 1 atom stereocenters. The molecule has 2 aromatic carbocycles. The number of fused-ring (bicyclic) bond motifs is 2. The molecule has 0 bridgehead atoms. The van der Waals surface area contributed by atoms with E-state index in [4.69, 9.17) is 9.15 Å². The van der Waals surface area contributed by atoms with Crippen molar-refractivity contribution in [3.8, 4) is 0 Å². The Balaban J connectivity index is 1.01. The number of piperidine rings is 2. The molecule has 13 nitrogen and oxygen atoms in total. The van der Waals surface area contributed by atoms with E-state index < -0.39 is 18.0 Å². The van der Waals surface area contributed by atoms with Crippen molar-refractivity contribution in [2.45, 2.75) is 63.6 Å². The van der Waals surface area contributed by atoms with Crippen LogP contribution in [0.2, 0.25) is 0 Å². The molecule has 0 saturated carbocycles. The lowest BCUT2D eigenvalue weighted by atomic mass is 10.0. The number of ether oxygens (including phenoxy) is 1. The van der Waals surface area contributed by atoms with Crippen molar-refractivity contribution in [2.24, 2.45) is 0 Å². The zero-order valence-electron chi connectivity index (χ0n) is 28.5. The number of hydrogen-bond acceptors (Lipinski definition) is 8. The fourth-order valence-corrected chi connectivity index (χ4v) is 7.97. The second-order valence-electron chi connectivity index (χ2n) is 14.0. The lowest BCUT2D eigenvalue weighted by Gasteiger charge is -2.42. The highest BCUT2D eigenvalue weighted by atomic mass is 16.6. The SMILES string of the molecule is Cc1cc(CC(OC(=O)N2CCC(N3CCc4ccccc4NC3=O)CC2)C(=O)N2CCN(C3CCN(C)CC3)CC2)cc2oc(=O)[nH]c12. The largest absolute Gasteiger partial charge is 0.436 e. The minimum Gasteiger partial charge on any atom is -0.436 e. The van der Waals surface area contributed by atoms with Gasteiger partial charge in [0.1, 0.15) is 0 Å². The highest BCUT2D eigenvalue weighted by molar-refractivity contribution is 5.91. The Hall–Kier alpha value is -4.36. The Morgan fingerprint density at radius 1 is 0.898 bits per heavy atom. The lowest BCUT2D eigenvalue weighted by molar-refractivity contribution is -0.143. The summed E-state index contributed by atoms with van der Waals surface area (Å²) in [5.74, 6) is -0.747. The summed E-state index contributed by atoms with van der Waals surface area (Å²) in [6, 6.07) is 11.9. The van der Waals surface area contributed by atoms with Crippen LogP contribution in [0.25, 0.3) is 11.1 Å². The van der Waals surface area contributed by atoms with Crippen molar-refractivity contribution in [3.63, 3.8) is 0 Å². The van der Waals surface area contributed by atoms with E-state index in [0.29, 0.717) is 62.7 Å². The molecule has 1 unspecified atom stereocenters. The molecule has 0 spiro atoms. The number of carbonyl (C=O) groups is 3. The summed E-state index contributed by atoms with van der Waals surface area (Å²) in [6.45, 7) is 8.26. The standard InChI is InChI=1S/C36H47N7O6/c1-24-21-25(22-30-32(24)38-35(46)48-30)23-31(33(44)41-19-17-40(18-20-41)27-8-12-39(2)13-9-27)49-36(47)42-14-10-28(11-15-42)43-16-7-26-5-3-4-6-29(26)37-34(43)45/h3-6,21-22,27-28,31H,7-20,23H2,1-2H3,(H,37,45)(H,38,46). The first-order valence-corrected chi connectivity index (χ1v) is 17.7. The second-order valence-corrected chi connectivity index (χ2v) is 14.0. The van der Waals surface area contributed by atoms with E-state index in [0.717, 1.165) is 67.8 Å². The minimum atomic E-state index is -1.03. The molecule has 0 radical (unpaired) electrons. The molecule has 2 N–H and O–H groups in total. The maximum atomic E-state index is 14.1. The number of urea groups is 1. The van der Waals surface area contributed by atoms with Gasteiger partial charge in [-0.2, -0.15) is 0 Å². The average molecular weight is 674 g/mol. The van der Waals surface area contributed by atoms with Gasteiger partial charge >= 0.3 is 17.9 Å². The van der Waals surface area contributed by atoms with Gasteiger partial charge in [-0.3, -0.25) is 14.7 Å². The molecule has 262 valence electrons. The molecule has 1 aromatic heterocycles. The number of aromatic nitrogens is 1. The van der Waals surface area contributed by atoms with E-state index in [9.17, 15) is 19.2 Å². The zero-order valence-corrected chi connectivity index (χ0v) is 28.5. The Morgan fingerprint density at radius 2 is 1.61 bits per heavy atom. The second kappa shape index (κ2) is 14.2. The van der Waals surface area contributed by atoms with Gasteiger partial charge in [-0.15, -0.1) is 0 Å². The molecule has 3 aromatic rings. The number of benzene rings is 2. The van der Waals surface area contributed by atoms with Crippen LogP contribution in [-0.2, 0) is 22.4 Å². The topological polar surface area (TPSA) is 135 Å². The van der Waals surface area contributed by atoms with Crippen LogP contribution in [0.5, 0.6) is 0 Å². The summed E-state index contributed by atoms with van der Waals surface area (Å²) in [5.41, 5.74) is 4.55. The fraction of sp³-hybridized carbons (Fsp3) is 0.556. The number of rotatable bonds is 6. The van der Waals surface area contributed by atoms with Gasteiger partial charge in [-0.05, 0) is 88.0 Å². The number of nitrogens with zero attached hydrogens (tertiary/aromatic N) is 5. The van der Waals surface area contributed by atoms with E-state index in [1.807, 2.05) is 47.1 Å². The van der Waals surface area contributed by atoms with Crippen molar-refractivity contribution >= 4 is 34.8 Å². The van der Waals surface area contributed by atoms with Crippen LogP contribution in [0.4, 0.5) is 15.3 Å². The summed E-state index contributed by atoms with van der Waals surface area (Å²) in [5, 5.41) is 3.04. The van der Waals surface area contributed by atoms with Crippen LogP contribution in [0, 0.1) is 6.92 Å². The Kier molecular flexibility index (Phi) is 9.64. The molecular formula is C36H47N7O6. The van der Waals surface area contributed by atoms with Crippen LogP contribution >= 0.6 is 0 Å². The number of amides is 4. The number of nitrogens with one attached hydrogen (secondary N) is 2. The molecule has 4 amide bonds. The molecule has 3 fully saturated rings.